The van der Waals surface area contributed by atoms with Gasteiger partial charge in [0.1, 0.15) is 22.9 Å². The lowest BCUT2D eigenvalue weighted by atomic mass is 10.2. The first-order valence-corrected chi connectivity index (χ1v) is 7.13. The Labute approximate surface area is 137 Å². The van der Waals surface area contributed by atoms with Crippen LogP contribution in [-0.4, -0.2) is 29.3 Å². The number of aromatic nitrogens is 2. The molecule has 2 N–H and O–H groups in total. The minimum absolute atomic E-state index is 0.00530. The number of hydrogen-bond donors (Lipinski definition) is 2. The van der Waals surface area contributed by atoms with E-state index >= 15 is 0 Å². The van der Waals surface area contributed by atoms with Crippen molar-refractivity contribution in [3.8, 4) is 17.2 Å². The number of aromatic hydroxyl groups is 1. The summed E-state index contributed by atoms with van der Waals surface area (Å²) in [5.74, 6) is 1.69. The standard InChI is InChI=1S/C16H14ClN3O3/c1-22-13-6-9-11(7-14(13)23-2)18-8-19-16(9)20-10-4-3-5-12(21)15(10)17/h3-8,21H,1-2H3,(H,18,19,20). The molecule has 0 aliphatic carbocycles. The summed E-state index contributed by atoms with van der Waals surface area (Å²) >= 11 is 6.10. The molecule has 0 amide bonds. The molecule has 3 aromatic rings. The fourth-order valence-corrected chi connectivity index (χ4v) is 2.40. The van der Waals surface area contributed by atoms with Crippen molar-refractivity contribution in [1.29, 1.82) is 0 Å². The molecule has 0 spiro atoms. The maximum absolute atomic E-state index is 9.70. The van der Waals surface area contributed by atoms with Gasteiger partial charge in [0.15, 0.2) is 11.5 Å². The number of phenolic OH excluding ortho intramolecular Hbond substituents is 1. The van der Waals surface area contributed by atoms with Gasteiger partial charge in [0, 0.05) is 11.5 Å². The molecule has 0 aliphatic heterocycles. The van der Waals surface area contributed by atoms with Crippen LogP contribution in [0.25, 0.3) is 10.9 Å². The lowest BCUT2D eigenvalue weighted by Gasteiger charge is -2.13. The predicted octanol–water partition coefficient (Wildman–Crippen LogP) is 3.75. The first-order valence-electron chi connectivity index (χ1n) is 6.75. The second-order valence-electron chi connectivity index (χ2n) is 4.71. The number of fused-ring (bicyclic) bond motifs is 1. The van der Waals surface area contributed by atoms with Gasteiger partial charge in [-0.05, 0) is 18.2 Å². The zero-order valence-electron chi connectivity index (χ0n) is 12.5. The van der Waals surface area contributed by atoms with E-state index in [0.717, 1.165) is 5.39 Å². The van der Waals surface area contributed by atoms with Crippen LogP contribution in [0.4, 0.5) is 11.5 Å². The van der Waals surface area contributed by atoms with Crippen LogP contribution in [0.15, 0.2) is 36.7 Å². The quantitative estimate of drug-likeness (QED) is 0.758. The van der Waals surface area contributed by atoms with Crippen molar-refractivity contribution in [3.63, 3.8) is 0 Å². The second kappa shape index (κ2) is 6.18. The van der Waals surface area contributed by atoms with E-state index in [-0.39, 0.29) is 10.8 Å². The Morgan fingerprint density at radius 1 is 1.09 bits per heavy atom. The topological polar surface area (TPSA) is 76.5 Å². The number of methoxy groups -OCH3 is 2. The van der Waals surface area contributed by atoms with E-state index in [0.29, 0.717) is 28.5 Å². The van der Waals surface area contributed by atoms with Gasteiger partial charge in [0.2, 0.25) is 0 Å². The first kappa shape index (κ1) is 15.2. The first-order chi connectivity index (χ1) is 11.1. The highest BCUT2D eigenvalue weighted by molar-refractivity contribution is 6.34. The Bertz CT molecular complexity index is 871. The number of ether oxygens (including phenoxy) is 2. The summed E-state index contributed by atoms with van der Waals surface area (Å²) in [5.41, 5.74) is 1.23. The molecule has 0 radical (unpaired) electrons. The van der Waals surface area contributed by atoms with E-state index in [1.165, 1.54) is 12.4 Å². The Hall–Kier alpha value is -2.73. The SMILES string of the molecule is COc1cc2ncnc(Nc3cccc(O)c3Cl)c2cc1OC. The van der Waals surface area contributed by atoms with E-state index in [2.05, 4.69) is 15.3 Å². The molecule has 0 bridgehead atoms. The zero-order valence-corrected chi connectivity index (χ0v) is 13.3. The summed E-state index contributed by atoms with van der Waals surface area (Å²) < 4.78 is 10.6. The Morgan fingerprint density at radius 2 is 1.83 bits per heavy atom. The minimum Gasteiger partial charge on any atom is -0.506 e. The third-order valence-electron chi connectivity index (χ3n) is 3.37. The highest BCUT2D eigenvalue weighted by Gasteiger charge is 2.12. The van der Waals surface area contributed by atoms with Crippen LogP contribution in [0.2, 0.25) is 5.02 Å². The molecule has 118 valence electrons. The summed E-state index contributed by atoms with van der Waals surface area (Å²) in [4.78, 5) is 8.48. The summed E-state index contributed by atoms with van der Waals surface area (Å²) in [6.45, 7) is 0. The van der Waals surface area contributed by atoms with E-state index in [9.17, 15) is 5.11 Å². The van der Waals surface area contributed by atoms with E-state index in [1.807, 2.05) is 0 Å². The summed E-state index contributed by atoms with van der Waals surface area (Å²) in [5, 5.41) is 13.8. The third-order valence-corrected chi connectivity index (χ3v) is 3.77. The van der Waals surface area contributed by atoms with Crippen LogP contribution in [0, 0.1) is 0 Å². The van der Waals surface area contributed by atoms with Crippen molar-refractivity contribution in [2.24, 2.45) is 0 Å². The van der Waals surface area contributed by atoms with Gasteiger partial charge in [-0.3, -0.25) is 0 Å². The fourth-order valence-electron chi connectivity index (χ4n) is 2.23. The second-order valence-corrected chi connectivity index (χ2v) is 5.09. The van der Waals surface area contributed by atoms with Gasteiger partial charge in [0.25, 0.3) is 0 Å². The molecule has 0 atom stereocenters. The molecule has 23 heavy (non-hydrogen) atoms. The molecule has 0 aliphatic rings. The molecule has 0 saturated carbocycles. The van der Waals surface area contributed by atoms with Crippen molar-refractivity contribution < 1.29 is 14.6 Å². The van der Waals surface area contributed by atoms with Crippen LogP contribution in [-0.2, 0) is 0 Å². The Balaban J connectivity index is 2.12. The minimum atomic E-state index is -0.00530. The number of anilines is 2. The molecular formula is C16H14ClN3O3. The van der Waals surface area contributed by atoms with Crippen molar-refractivity contribution in [3.05, 3.63) is 41.7 Å². The number of nitrogens with zero attached hydrogens (tertiary/aromatic N) is 2. The molecular weight excluding hydrogens is 318 g/mol. The van der Waals surface area contributed by atoms with Gasteiger partial charge < -0.3 is 19.9 Å². The van der Waals surface area contributed by atoms with Crippen molar-refractivity contribution in [2.45, 2.75) is 0 Å². The Morgan fingerprint density at radius 3 is 2.57 bits per heavy atom. The molecule has 7 heteroatoms. The van der Waals surface area contributed by atoms with Crippen LogP contribution in [0.1, 0.15) is 0 Å². The van der Waals surface area contributed by atoms with Gasteiger partial charge in [-0.25, -0.2) is 9.97 Å². The molecule has 1 aromatic heterocycles. The van der Waals surface area contributed by atoms with Crippen LogP contribution < -0.4 is 14.8 Å². The number of phenols is 1. The normalized spacial score (nSPS) is 10.6. The van der Waals surface area contributed by atoms with Crippen molar-refractivity contribution in [1.82, 2.24) is 9.97 Å². The molecule has 0 unspecified atom stereocenters. The Kier molecular flexibility index (Phi) is 4.08. The largest absolute Gasteiger partial charge is 0.506 e. The van der Waals surface area contributed by atoms with Crippen LogP contribution >= 0.6 is 11.6 Å². The fraction of sp³-hybridized carbons (Fsp3) is 0.125. The molecule has 1 heterocycles. The lowest BCUT2D eigenvalue weighted by Crippen LogP contribution is -1.98. The monoisotopic (exact) mass is 331 g/mol. The van der Waals surface area contributed by atoms with Crippen molar-refractivity contribution in [2.75, 3.05) is 19.5 Å². The van der Waals surface area contributed by atoms with Crippen molar-refractivity contribution >= 4 is 34.0 Å². The van der Waals surface area contributed by atoms with E-state index in [4.69, 9.17) is 21.1 Å². The average Bonchev–Trinajstić information content (AvgIpc) is 2.58. The highest BCUT2D eigenvalue weighted by atomic mass is 35.5. The van der Waals surface area contributed by atoms with Gasteiger partial charge in [0.05, 0.1) is 25.4 Å². The zero-order chi connectivity index (χ0) is 16.4. The lowest BCUT2D eigenvalue weighted by molar-refractivity contribution is 0.356. The highest BCUT2D eigenvalue weighted by Crippen LogP contribution is 2.37. The number of halogens is 1. The summed E-state index contributed by atoms with van der Waals surface area (Å²) in [6, 6.07) is 8.51. The average molecular weight is 332 g/mol. The number of hydrogen-bond acceptors (Lipinski definition) is 6. The molecule has 0 fully saturated rings. The van der Waals surface area contributed by atoms with Gasteiger partial charge in [-0.2, -0.15) is 0 Å². The van der Waals surface area contributed by atoms with Crippen LogP contribution in [0.3, 0.4) is 0 Å². The summed E-state index contributed by atoms with van der Waals surface area (Å²) in [7, 11) is 3.13. The van der Waals surface area contributed by atoms with E-state index in [1.54, 1.807) is 38.5 Å². The van der Waals surface area contributed by atoms with Gasteiger partial charge in [-0.1, -0.05) is 17.7 Å². The molecule has 2 aromatic carbocycles. The maximum Gasteiger partial charge on any atom is 0.162 e. The van der Waals surface area contributed by atoms with Crippen LogP contribution in [0.5, 0.6) is 17.2 Å². The van der Waals surface area contributed by atoms with E-state index < -0.39 is 0 Å². The van der Waals surface area contributed by atoms with Gasteiger partial charge >= 0.3 is 0 Å². The summed E-state index contributed by atoms with van der Waals surface area (Å²) in [6.07, 6.45) is 1.44. The van der Waals surface area contributed by atoms with Gasteiger partial charge in [-0.15, -0.1) is 0 Å². The molecule has 0 saturated heterocycles. The number of rotatable bonds is 4. The smallest absolute Gasteiger partial charge is 0.162 e. The number of benzene rings is 2. The maximum atomic E-state index is 9.70. The molecule has 3 rings (SSSR count). The third kappa shape index (κ3) is 2.80. The number of nitrogens with one attached hydrogen (secondary N) is 1. The molecule has 6 nitrogen and oxygen atoms in total. The predicted molar refractivity (Wildman–Crippen MR) is 89.0 cm³/mol.